The number of nitrogens with one attached hydrogen (secondary N) is 1. The van der Waals surface area contributed by atoms with Crippen LogP contribution in [0.15, 0.2) is 47.6 Å². The minimum atomic E-state index is 0.798. The molecule has 5 nitrogen and oxygen atoms in total. The van der Waals surface area contributed by atoms with Crippen LogP contribution < -0.4 is 10.2 Å². The SMILES string of the molecule is CSc1ccc2ncc(-c3ccnc(N4CCNCC4)n3)cc2c1. The normalized spacial score (nSPS) is 15.0. The zero-order valence-corrected chi connectivity index (χ0v) is 14.4. The highest BCUT2D eigenvalue weighted by atomic mass is 32.2. The molecule has 0 bridgehead atoms. The highest BCUT2D eigenvalue weighted by Crippen LogP contribution is 2.25. The summed E-state index contributed by atoms with van der Waals surface area (Å²) in [5.74, 6) is 0.798. The summed E-state index contributed by atoms with van der Waals surface area (Å²) in [7, 11) is 0. The lowest BCUT2D eigenvalue weighted by Gasteiger charge is -2.27. The largest absolute Gasteiger partial charge is 0.338 e. The molecule has 1 N–H and O–H groups in total. The monoisotopic (exact) mass is 337 g/mol. The number of thioether (sulfide) groups is 1. The first-order valence-electron chi connectivity index (χ1n) is 8.06. The minimum absolute atomic E-state index is 0.798. The lowest BCUT2D eigenvalue weighted by molar-refractivity contribution is 0.580. The summed E-state index contributed by atoms with van der Waals surface area (Å²) < 4.78 is 0. The van der Waals surface area contributed by atoms with Gasteiger partial charge < -0.3 is 10.2 Å². The topological polar surface area (TPSA) is 53.9 Å². The van der Waals surface area contributed by atoms with Crippen molar-refractivity contribution in [2.75, 3.05) is 37.3 Å². The highest BCUT2D eigenvalue weighted by molar-refractivity contribution is 7.98. The van der Waals surface area contributed by atoms with E-state index in [0.29, 0.717) is 0 Å². The smallest absolute Gasteiger partial charge is 0.225 e. The summed E-state index contributed by atoms with van der Waals surface area (Å²) in [5, 5.41) is 4.49. The molecule has 1 aliphatic rings. The van der Waals surface area contributed by atoms with Crippen LogP contribution in [-0.2, 0) is 0 Å². The van der Waals surface area contributed by atoms with Crippen molar-refractivity contribution in [3.63, 3.8) is 0 Å². The van der Waals surface area contributed by atoms with E-state index in [1.165, 1.54) is 4.90 Å². The van der Waals surface area contributed by atoms with Crippen molar-refractivity contribution in [3.05, 3.63) is 42.7 Å². The molecule has 24 heavy (non-hydrogen) atoms. The van der Waals surface area contributed by atoms with Gasteiger partial charge in [0.1, 0.15) is 0 Å². The molecule has 3 aromatic rings. The summed E-state index contributed by atoms with van der Waals surface area (Å²) in [4.78, 5) is 17.2. The van der Waals surface area contributed by atoms with Gasteiger partial charge in [-0.2, -0.15) is 0 Å². The third-order valence-electron chi connectivity index (χ3n) is 4.23. The van der Waals surface area contributed by atoms with Gasteiger partial charge >= 0.3 is 0 Å². The molecule has 3 heterocycles. The number of hydrogen-bond acceptors (Lipinski definition) is 6. The molecule has 0 aliphatic carbocycles. The van der Waals surface area contributed by atoms with Crippen LogP contribution in [-0.4, -0.2) is 47.4 Å². The fourth-order valence-corrected chi connectivity index (χ4v) is 3.35. The number of aromatic nitrogens is 3. The van der Waals surface area contributed by atoms with E-state index in [9.17, 15) is 0 Å². The average molecular weight is 337 g/mol. The molecule has 1 aliphatic heterocycles. The minimum Gasteiger partial charge on any atom is -0.338 e. The predicted octanol–water partition coefficient (Wildman–Crippen LogP) is 2.82. The number of pyridine rings is 1. The molecule has 0 atom stereocenters. The Morgan fingerprint density at radius 3 is 2.79 bits per heavy atom. The van der Waals surface area contributed by atoms with Gasteiger partial charge in [0, 0.05) is 54.4 Å². The number of benzene rings is 1. The molecule has 1 aromatic carbocycles. The quantitative estimate of drug-likeness (QED) is 0.742. The Balaban J connectivity index is 1.71. The first kappa shape index (κ1) is 15.4. The third-order valence-corrected chi connectivity index (χ3v) is 4.95. The van der Waals surface area contributed by atoms with Crippen LogP contribution in [0.2, 0.25) is 0 Å². The van der Waals surface area contributed by atoms with E-state index >= 15 is 0 Å². The second-order valence-corrected chi connectivity index (χ2v) is 6.64. The van der Waals surface area contributed by atoms with Gasteiger partial charge in [-0.1, -0.05) is 0 Å². The molecule has 0 spiro atoms. The van der Waals surface area contributed by atoms with E-state index in [2.05, 4.69) is 50.7 Å². The molecular formula is C18H19N5S. The van der Waals surface area contributed by atoms with Crippen molar-refractivity contribution in [1.82, 2.24) is 20.3 Å². The van der Waals surface area contributed by atoms with Gasteiger partial charge in [0.2, 0.25) is 5.95 Å². The summed E-state index contributed by atoms with van der Waals surface area (Å²) in [6.45, 7) is 3.83. The van der Waals surface area contributed by atoms with Crippen LogP contribution in [0.25, 0.3) is 22.2 Å². The first-order chi connectivity index (χ1) is 11.8. The summed E-state index contributed by atoms with van der Waals surface area (Å²) in [5.41, 5.74) is 2.95. The van der Waals surface area contributed by atoms with Gasteiger partial charge in [0.25, 0.3) is 0 Å². The van der Waals surface area contributed by atoms with E-state index in [1.54, 1.807) is 11.8 Å². The molecule has 0 amide bonds. The van der Waals surface area contributed by atoms with E-state index in [0.717, 1.165) is 54.3 Å². The number of fused-ring (bicyclic) bond motifs is 1. The van der Waals surface area contributed by atoms with Gasteiger partial charge in [-0.15, -0.1) is 11.8 Å². The molecule has 122 valence electrons. The Morgan fingerprint density at radius 1 is 1.08 bits per heavy atom. The number of hydrogen-bond donors (Lipinski definition) is 1. The molecule has 4 rings (SSSR count). The van der Waals surface area contributed by atoms with Crippen molar-refractivity contribution >= 4 is 28.6 Å². The number of piperazine rings is 1. The Morgan fingerprint density at radius 2 is 1.96 bits per heavy atom. The van der Waals surface area contributed by atoms with Crippen molar-refractivity contribution < 1.29 is 0 Å². The first-order valence-corrected chi connectivity index (χ1v) is 9.29. The van der Waals surface area contributed by atoms with Crippen molar-refractivity contribution in [2.45, 2.75) is 4.90 Å². The van der Waals surface area contributed by atoms with Crippen molar-refractivity contribution in [3.8, 4) is 11.3 Å². The summed E-state index contributed by atoms with van der Waals surface area (Å²) in [6, 6.07) is 10.5. The molecule has 0 saturated carbocycles. The maximum Gasteiger partial charge on any atom is 0.225 e. The van der Waals surface area contributed by atoms with Gasteiger partial charge in [0.05, 0.1) is 11.2 Å². The Hall–Kier alpha value is -2.18. The molecule has 1 saturated heterocycles. The maximum absolute atomic E-state index is 4.76. The fraction of sp³-hybridized carbons (Fsp3) is 0.278. The molecule has 0 radical (unpaired) electrons. The second-order valence-electron chi connectivity index (χ2n) is 5.76. The fourth-order valence-electron chi connectivity index (χ4n) is 2.90. The Kier molecular flexibility index (Phi) is 4.32. The van der Waals surface area contributed by atoms with Gasteiger partial charge in [-0.25, -0.2) is 9.97 Å². The van der Waals surface area contributed by atoms with Crippen LogP contribution in [0.1, 0.15) is 0 Å². The van der Waals surface area contributed by atoms with Crippen LogP contribution in [0, 0.1) is 0 Å². The van der Waals surface area contributed by atoms with E-state index < -0.39 is 0 Å². The van der Waals surface area contributed by atoms with Gasteiger partial charge in [-0.3, -0.25) is 4.98 Å². The van der Waals surface area contributed by atoms with E-state index in [-0.39, 0.29) is 0 Å². The number of anilines is 1. The third kappa shape index (κ3) is 3.07. The van der Waals surface area contributed by atoms with Crippen LogP contribution in [0.4, 0.5) is 5.95 Å². The highest BCUT2D eigenvalue weighted by Gasteiger charge is 2.14. The molecule has 6 heteroatoms. The van der Waals surface area contributed by atoms with Crippen LogP contribution >= 0.6 is 11.8 Å². The summed E-state index contributed by atoms with van der Waals surface area (Å²) in [6.07, 6.45) is 5.82. The zero-order valence-electron chi connectivity index (χ0n) is 13.6. The van der Waals surface area contributed by atoms with Crippen molar-refractivity contribution in [2.24, 2.45) is 0 Å². The number of nitrogens with zero attached hydrogens (tertiary/aromatic N) is 4. The average Bonchev–Trinajstić information content (AvgIpc) is 2.68. The standard InChI is InChI=1S/C18H19N5S/c1-24-15-2-3-16-13(11-15)10-14(12-21-16)17-4-5-20-18(22-17)23-8-6-19-7-9-23/h2-5,10-12,19H,6-9H2,1H3. The second kappa shape index (κ2) is 6.75. The molecule has 0 unspecified atom stereocenters. The van der Waals surface area contributed by atoms with Crippen LogP contribution in [0.5, 0.6) is 0 Å². The van der Waals surface area contributed by atoms with Crippen LogP contribution in [0.3, 0.4) is 0 Å². The van der Waals surface area contributed by atoms with E-state index in [4.69, 9.17) is 4.98 Å². The molecule has 2 aromatic heterocycles. The van der Waals surface area contributed by atoms with E-state index in [1.807, 2.05) is 18.5 Å². The Bertz CT molecular complexity index is 861. The predicted molar refractivity (Wildman–Crippen MR) is 99.6 cm³/mol. The van der Waals surface area contributed by atoms with Gasteiger partial charge in [-0.05, 0) is 36.6 Å². The molecule has 1 fully saturated rings. The van der Waals surface area contributed by atoms with Crippen molar-refractivity contribution in [1.29, 1.82) is 0 Å². The zero-order chi connectivity index (χ0) is 16.4. The number of rotatable bonds is 3. The lowest BCUT2D eigenvalue weighted by atomic mass is 10.1. The summed E-state index contributed by atoms with van der Waals surface area (Å²) >= 11 is 1.74. The Labute approximate surface area is 145 Å². The molecular weight excluding hydrogens is 318 g/mol. The maximum atomic E-state index is 4.76. The lowest BCUT2D eigenvalue weighted by Crippen LogP contribution is -2.44. The van der Waals surface area contributed by atoms with Gasteiger partial charge in [0.15, 0.2) is 0 Å².